The van der Waals surface area contributed by atoms with E-state index < -0.39 is 22.0 Å². The second kappa shape index (κ2) is 7.02. The third-order valence-electron chi connectivity index (χ3n) is 3.05. The monoisotopic (exact) mass is 383 g/mol. The Morgan fingerprint density at radius 3 is 2.55 bits per heavy atom. The van der Waals surface area contributed by atoms with Gasteiger partial charge in [-0.1, -0.05) is 20.3 Å². The molecule has 0 aliphatic rings. The molecule has 1 aromatic rings. The number of aryl methyl sites for hydroxylation is 1. The zero-order valence-corrected chi connectivity index (χ0v) is 15.0. The SMILES string of the molecule is CCC(C)C(NS(=O)(=O)c1cc(C)c(Br)s1)C(=O)OC. The van der Waals surface area contributed by atoms with Crippen LogP contribution in [0.5, 0.6) is 0 Å². The van der Waals surface area contributed by atoms with E-state index in [1.165, 1.54) is 7.11 Å². The van der Waals surface area contributed by atoms with Gasteiger partial charge in [-0.25, -0.2) is 8.42 Å². The Morgan fingerprint density at radius 2 is 2.15 bits per heavy atom. The fourth-order valence-electron chi connectivity index (χ4n) is 1.55. The minimum absolute atomic E-state index is 0.151. The van der Waals surface area contributed by atoms with Crippen molar-refractivity contribution in [3.8, 4) is 0 Å². The zero-order chi connectivity index (χ0) is 15.5. The van der Waals surface area contributed by atoms with Gasteiger partial charge >= 0.3 is 5.97 Å². The first-order chi connectivity index (χ1) is 9.22. The molecule has 0 bridgehead atoms. The summed E-state index contributed by atoms with van der Waals surface area (Å²) in [6.07, 6.45) is 0.662. The molecule has 0 aliphatic carbocycles. The van der Waals surface area contributed by atoms with E-state index in [4.69, 9.17) is 0 Å². The maximum absolute atomic E-state index is 12.3. The van der Waals surface area contributed by atoms with Gasteiger partial charge in [-0.15, -0.1) is 11.3 Å². The van der Waals surface area contributed by atoms with Crippen molar-refractivity contribution in [1.82, 2.24) is 4.72 Å². The Hall–Kier alpha value is -0.440. The van der Waals surface area contributed by atoms with Gasteiger partial charge in [0.1, 0.15) is 10.3 Å². The molecule has 8 heteroatoms. The third-order valence-corrected chi connectivity index (χ3v) is 7.10. The number of hydrogen-bond acceptors (Lipinski definition) is 5. The maximum atomic E-state index is 12.3. The van der Waals surface area contributed by atoms with E-state index in [0.29, 0.717) is 6.42 Å². The number of esters is 1. The quantitative estimate of drug-likeness (QED) is 0.766. The van der Waals surface area contributed by atoms with E-state index in [0.717, 1.165) is 20.7 Å². The van der Waals surface area contributed by atoms with Crippen LogP contribution in [0, 0.1) is 12.8 Å². The van der Waals surface area contributed by atoms with Crippen molar-refractivity contribution in [1.29, 1.82) is 0 Å². The molecule has 0 aromatic carbocycles. The first kappa shape index (κ1) is 17.6. The van der Waals surface area contributed by atoms with Crippen LogP contribution in [-0.2, 0) is 19.6 Å². The van der Waals surface area contributed by atoms with Crippen molar-refractivity contribution in [2.75, 3.05) is 7.11 Å². The molecule has 1 heterocycles. The van der Waals surface area contributed by atoms with Crippen LogP contribution in [0.25, 0.3) is 0 Å². The molecule has 5 nitrogen and oxygen atoms in total. The number of rotatable bonds is 6. The first-order valence-corrected chi connectivity index (χ1v) is 9.18. The Labute approximate surface area is 131 Å². The highest BCUT2D eigenvalue weighted by Gasteiger charge is 2.31. The van der Waals surface area contributed by atoms with Crippen LogP contribution in [0.4, 0.5) is 0 Å². The number of hydrogen-bond donors (Lipinski definition) is 1. The molecule has 2 unspecified atom stereocenters. The van der Waals surface area contributed by atoms with Crippen LogP contribution in [-0.4, -0.2) is 27.5 Å². The summed E-state index contributed by atoms with van der Waals surface area (Å²) in [5.74, 6) is -0.725. The molecule has 114 valence electrons. The predicted molar refractivity (Wildman–Crippen MR) is 82.3 cm³/mol. The van der Waals surface area contributed by atoms with E-state index >= 15 is 0 Å². The van der Waals surface area contributed by atoms with Crippen LogP contribution < -0.4 is 4.72 Å². The largest absolute Gasteiger partial charge is 0.468 e. The van der Waals surface area contributed by atoms with Crippen molar-refractivity contribution in [3.63, 3.8) is 0 Å². The number of nitrogens with one attached hydrogen (secondary N) is 1. The summed E-state index contributed by atoms with van der Waals surface area (Å²) in [5, 5.41) is 0. The average Bonchev–Trinajstić information content (AvgIpc) is 2.75. The molecular formula is C12H18BrNO4S2. The van der Waals surface area contributed by atoms with Crippen molar-refractivity contribution >= 4 is 43.3 Å². The summed E-state index contributed by atoms with van der Waals surface area (Å²) in [6, 6.07) is 0.693. The number of carbonyl (C=O) groups excluding carboxylic acids is 1. The molecule has 0 spiro atoms. The summed E-state index contributed by atoms with van der Waals surface area (Å²) in [7, 11) is -2.49. The Kier molecular flexibility index (Phi) is 6.18. The maximum Gasteiger partial charge on any atom is 0.324 e. The molecule has 0 saturated heterocycles. The zero-order valence-electron chi connectivity index (χ0n) is 11.8. The van der Waals surface area contributed by atoms with E-state index in [1.54, 1.807) is 13.0 Å². The van der Waals surface area contributed by atoms with Gasteiger partial charge < -0.3 is 4.74 Å². The van der Waals surface area contributed by atoms with Crippen molar-refractivity contribution in [3.05, 3.63) is 15.4 Å². The van der Waals surface area contributed by atoms with Gasteiger partial charge in [0.15, 0.2) is 0 Å². The summed E-state index contributed by atoms with van der Waals surface area (Å²) in [6.45, 7) is 5.51. The molecule has 0 aliphatic heterocycles. The molecule has 0 fully saturated rings. The number of carbonyl (C=O) groups is 1. The van der Waals surface area contributed by atoms with E-state index in [9.17, 15) is 13.2 Å². The van der Waals surface area contributed by atoms with Gasteiger partial charge in [0, 0.05) is 0 Å². The smallest absolute Gasteiger partial charge is 0.324 e. The Bertz CT molecular complexity index is 563. The lowest BCUT2D eigenvalue weighted by atomic mass is 10.0. The number of halogens is 1. The highest BCUT2D eigenvalue weighted by molar-refractivity contribution is 9.11. The molecule has 1 aromatic heterocycles. The normalized spacial score (nSPS) is 14.8. The Balaban J connectivity index is 3.05. The summed E-state index contributed by atoms with van der Waals surface area (Å²) in [5.41, 5.74) is 0.841. The molecular weight excluding hydrogens is 366 g/mol. The van der Waals surface area contributed by atoms with Crippen molar-refractivity contribution in [2.24, 2.45) is 5.92 Å². The second-order valence-electron chi connectivity index (χ2n) is 4.53. The van der Waals surface area contributed by atoms with Crippen molar-refractivity contribution in [2.45, 2.75) is 37.4 Å². The third kappa shape index (κ3) is 4.03. The lowest BCUT2D eigenvalue weighted by molar-refractivity contribution is -0.143. The number of methoxy groups -OCH3 is 1. The fourth-order valence-corrected chi connectivity index (χ4v) is 5.08. The number of ether oxygens (including phenoxy) is 1. The number of sulfonamides is 1. The second-order valence-corrected chi connectivity index (χ2v) is 8.84. The van der Waals surface area contributed by atoms with Gasteiger partial charge in [0.25, 0.3) is 10.0 Å². The molecule has 2 atom stereocenters. The van der Waals surface area contributed by atoms with Gasteiger partial charge in [0.2, 0.25) is 0 Å². The van der Waals surface area contributed by atoms with E-state index in [2.05, 4.69) is 25.4 Å². The molecule has 1 rings (SSSR count). The van der Waals surface area contributed by atoms with Crippen LogP contribution in [0.3, 0.4) is 0 Å². The van der Waals surface area contributed by atoms with E-state index in [-0.39, 0.29) is 10.1 Å². The molecule has 20 heavy (non-hydrogen) atoms. The van der Waals surface area contributed by atoms with Crippen LogP contribution in [0.2, 0.25) is 0 Å². The predicted octanol–water partition coefficient (Wildman–Crippen LogP) is 2.69. The highest BCUT2D eigenvalue weighted by atomic mass is 79.9. The summed E-state index contributed by atoms with van der Waals surface area (Å²) >= 11 is 4.41. The lowest BCUT2D eigenvalue weighted by Crippen LogP contribution is -2.45. The summed E-state index contributed by atoms with van der Waals surface area (Å²) in [4.78, 5) is 11.7. The van der Waals surface area contributed by atoms with Gasteiger partial charge in [-0.2, -0.15) is 4.72 Å². The molecule has 0 radical (unpaired) electrons. The van der Waals surface area contributed by atoms with Crippen molar-refractivity contribution < 1.29 is 17.9 Å². The topological polar surface area (TPSA) is 72.5 Å². The van der Waals surface area contributed by atoms with Crippen LogP contribution >= 0.6 is 27.3 Å². The van der Waals surface area contributed by atoms with Crippen LogP contribution in [0.1, 0.15) is 25.8 Å². The molecule has 0 amide bonds. The average molecular weight is 384 g/mol. The van der Waals surface area contributed by atoms with Crippen LogP contribution in [0.15, 0.2) is 14.1 Å². The van der Waals surface area contributed by atoms with Gasteiger partial charge in [-0.05, 0) is 40.4 Å². The summed E-state index contributed by atoms with van der Waals surface area (Å²) < 4.78 is 32.7. The van der Waals surface area contributed by atoms with E-state index in [1.807, 2.05) is 13.8 Å². The highest BCUT2D eigenvalue weighted by Crippen LogP contribution is 2.30. The first-order valence-electron chi connectivity index (χ1n) is 6.09. The lowest BCUT2D eigenvalue weighted by Gasteiger charge is -2.21. The fraction of sp³-hybridized carbons (Fsp3) is 0.583. The number of thiophene rings is 1. The van der Waals surface area contributed by atoms with Gasteiger partial charge in [0.05, 0.1) is 10.9 Å². The minimum Gasteiger partial charge on any atom is -0.468 e. The molecule has 1 N–H and O–H groups in total. The standard InChI is InChI=1S/C12H18BrNO4S2/c1-5-7(2)10(12(15)18-4)14-20(16,17)9-6-8(3)11(13)19-9/h6-7,10,14H,5H2,1-4H3. The Morgan fingerprint density at radius 1 is 1.55 bits per heavy atom. The van der Waals surface area contributed by atoms with Gasteiger partial charge in [-0.3, -0.25) is 4.79 Å². The molecule has 0 saturated carbocycles. The minimum atomic E-state index is -3.73.